The molecule has 0 saturated heterocycles. The van der Waals surface area contributed by atoms with Crippen LogP contribution in [0.4, 0.5) is 0 Å². The summed E-state index contributed by atoms with van der Waals surface area (Å²) in [7, 11) is 6.05. The molecule has 0 heterocycles. The summed E-state index contributed by atoms with van der Waals surface area (Å²) in [5, 5.41) is 3.60. The summed E-state index contributed by atoms with van der Waals surface area (Å²) >= 11 is 0. The lowest BCUT2D eigenvalue weighted by Crippen LogP contribution is -2.51. The smallest absolute Gasteiger partial charge is 0.0630 e. The third-order valence-electron chi connectivity index (χ3n) is 3.09. The Kier molecular flexibility index (Phi) is 9.62. The number of ether oxygens (including phenoxy) is 1. The van der Waals surface area contributed by atoms with Gasteiger partial charge in [0.2, 0.25) is 0 Å². The normalized spacial score (nSPS) is 14.4. The van der Waals surface area contributed by atoms with Crippen molar-refractivity contribution >= 4 is 0 Å². The second kappa shape index (κ2) is 9.70. The van der Waals surface area contributed by atoms with Crippen LogP contribution in [0.15, 0.2) is 0 Å². The van der Waals surface area contributed by atoms with Crippen LogP contribution in [0.3, 0.4) is 0 Å². The average Bonchev–Trinajstić information content (AvgIpc) is 2.29. The second-order valence-electron chi connectivity index (χ2n) is 6.58. The highest BCUT2D eigenvalue weighted by molar-refractivity contribution is 4.79. The number of hydrogen-bond acceptors (Lipinski definition) is 4. The molecule has 0 fully saturated rings. The van der Waals surface area contributed by atoms with Gasteiger partial charge in [0.1, 0.15) is 0 Å². The summed E-state index contributed by atoms with van der Waals surface area (Å²) in [6.07, 6.45) is 1.18. The van der Waals surface area contributed by atoms with Gasteiger partial charge >= 0.3 is 0 Å². The lowest BCUT2D eigenvalue weighted by molar-refractivity contribution is 0.0806. The fourth-order valence-electron chi connectivity index (χ4n) is 2.00. The van der Waals surface area contributed by atoms with Gasteiger partial charge in [0.25, 0.3) is 0 Å². The van der Waals surface area contributed by atoms with Crippen molar-refractivity contribution in [1.82, 2.24) is 15.1 Å². The van der Waals surface area contributed by atoms with Gasteiger partial charge in [-0.15, -0.1) is 0 Å². The Bertz CT molecular complexity index is 214. The number of likely N-dealkylation sites (N-methyl/N-ethyl adjacent to an activating group) is 1. The number of hydrogen-bond donors (Lipinski definition) is 1. The van der Waals surface area contributed by atoms with Gasteiger partial charge in [-0.25, -0.2) is 0 Å². The first-order valence-electron chi connectivity index (χ1n) is 7.43. The van der Waals surface area contributed by atoms with Gasteiger partial charge in [-0.1, -0.05) is 6.92 Å². The Hall–Kier alpha value is -0.160. The summed E-state index contributed by atoms with van der Waals surface area (Å²) in [6.45, 7) is 14.0. The lowest BCUT2D eigenvalue weighted by Gasteiger charge is -2.34. The van der Waals surface area contributed by atoms with Gasteiger partial charge < -0.3 is 15.0 Å². The van der Waals surface area contributed by atoms with E-state index in [1.54, 1.807) is 7.11 Å². The van der Waals surface area contributed by atoms with Crippen LogP contribution in [0.25, 0.3) is 0 Å². The van der Waals surface area contributed by atoms with E-state index in [-0.39, 0.29) is 5.54 Å². The van der Waals surface area contributed by atoms with Crippen LogP contribution in [-0.2, 0) is 4.74 Å². The van der Waals surface area contributed by atoms with E-state index in [0.29, 0.717) is 6.04 Å². The largest absolute Gasteiger partial charge is 0.383 e. The van der Waals surface area contributed by atoms with Crippen molar-refractivity contribution < 1.29 is 4.74 Å². The minimum atomic E-state index is 0.158. The molecule has 1 N–H and O–H groups in total. The Labute approximate surface area is 120 Å². The molecule has 0 amide bonds. The van der Waals surface area contributed by atoms with Crippen molar-refractivity contribution in [2.24, 2.45) is 0 Å². The molecule has 0 saturated carbocycles. The Morgan fingerprint density at radius 3 is 2.16 bits per heavy atom. The molecule has 19 heavy (non-hydrogen) atoms. The molecule has 0 spiro atoms. The molecule has 0 aromatic carbocycles. The Morgan fingerprint density at radius 2 is 1.74 bits per heavy atom. The van der Waals surface area contributed by atoms with E-state index in [2.05, 4.69) is 56.9 Å². The van der Waals surface area contributed by atoms with E-state index in [4.69, 9.17) is 4.74 Å². The van der Waals surface area contributed by atoms with Crippen LogP contribution in [0, 0.1) is 0 Å². The van der Waals surface area contributed by atoms with Crippen LogP contribution in [0.5, 0.6) is 0 Å². The molecule has 0 rings (SSSR count). The zero-order valence-electron chi connectivity index (χ0n) is 14.1. The van der Waals surface area contributed by atoms with E-state index >= 15 is 0 Å². The predicted octanol–water partition coefficient (Wildman–Crippen LogP) is 1.66. The summed E-state index contributed by atoms with van der Waals surface area (Å²) in [5.74, 6) is 0. The van der Waals surface area contributed by atoms with Crippen molar-refractivity contribution in [3.63, 3.8) is 0 Å². The first-order valence-corrected chi connectivity index (χ1v) is 7.43. The van der Waals surface area contributed by atoms with Crippen LogP contribution in [-0.4, -0.2) is 75.4 Å². The summed E-state index contributed by atoms with van der Waals surface area (Å²) < 4.78 is 5.41. The molecule has 0 radical (unpaired) electrons. The maximum atomic E-state index is 5.41. The molecule has 0 aromatic rings. The molecular weight excluding hydrogens is 238 g/mol. The minimum absolute atomic E-state index is 0.158. The monoisotopic (exact) mass is 273 g/mol. The second-order valence-corrected chi connectivity index (χ2v) is 6.58. The van der Waals surface area contributed by atoms with Crippen molar-refractivity contribution in [3.05, 3.63) is 0 Å². The topological polar surface area (TPSA) is 27.7 Å². The zero-order valence-corrected chi connectivity index (χ0v) is 14.1. The van der Waals surface area contributed by atoms with Gasteiger partial charge in [0, 0.05) is 38.3 Å². The fraction of sp³-hybridized carbons (Fsp3) is 1.00. The standard InChI is InChI=1S/C15H35N3O/c1-8-9-18(11-10-17(5)6)14(13-19-7)12-16-15(2,3)4/h14,16H,8-13H2,1-7H3. The third-order valence-corrected chi connectivity index (χ3v) is 3.09. The van der Waals surface area contributed by atoms with E-state index in [9.17, 15) is 0 Å². The molecule has 0 aliphatic rings. The van der Waals surface area contributed by atoms with Gasteiger partial charge in [-0.2, -0.15) is 0 Å². The third kappa shape index (κ3) is 10.3. The summed E-state index contributed by atoms with van der Waals surface area (Å²) in [5.41, 5.74) is 0.158. The SMILES string of the molecule is CCCN(CCN(C)C)C(CNC(C)(C)C)COC. The van der Waals surface area contributed by atoms with E-state index < -0.39 is 0 Å². The van der Waals surface area contributed by atoms with Crippen LogP contribution >= 0.6 is 0 Å². The van der Waals surface area contributed by atoms with E-state index in [0.717, 1.165) is 32.8 Å². The lowest BCUT2D eigenvalue weighted by atomic mass is 10.1. The highest BCUT2D eigenvalue weighted by atomic mass is 16.5. The molecular formula is C15H35N3O. The molecule has 116 valence electrons. The summed E-state index contributed by atoms with van der Waals surface area (Å²) in [6, 6.07) is 0.448. The van der Waals surface area contributed by atoms with Crippen molar-refractivity contribution in [3.8, 4) is 0 Å². The Balaban J connectivity index is 4.46. The molecule has 4 heteroatoms. The summed E-state index contributed by atoms with van der Waals surface area (Å²) in [4.78, 5) is 4.78. The van der Waals surface area contributed by atoms with Crippen LogP contribution < -0.4 is 5.32 Å². The van der Waals surface area contributed by atoms with Crippen molar-refractivity contribution in [1.29, 1.82) is 0 Å². The molecule has 1 unspecified atom stereocenters. The van der Waals surface area contributed by atoms with Crippen LogP contribution in [0.1, 0.15) is 34.1 Å². The average molecular weight is 273 g/mol. The molecule has 4 nitrogen and oxygen atoms in total. The van der Waals surface area contributed by atoms with Gasteiger partial charge in [-0.3, -0.25) is 4.90 Å². The Morgan fingerprint density at radius 1 is 1.11 bits per heavy atom. The fourth-order valence-corrected chi connectivity index (χ4v) is 2.00. The minimum Gasteiger partial charge on any atom is -0.383 e. The maximum Gasteiger partial charge on any atom is 0.0630 e. The molecule has 0 bridgehead atoms. The highest BCUT2D eigenvalue weighted by Crippen LogP contribution is 2.05. The van der Waals surface area contributed by atoms with Gasteiger partial charge in [0.05, 0.1) is 6.61 Å². The highest BCUT2D eigenvalue weighted by Gasteiger charge is 2.20. The molecule has 0 aliphatic carbocycles. The number of nitrogens with one attached hydrogen (secondary N) is 1. The van der Waals surface area contributed by atoms with Gasteiger partial charge in [-0.05, 0) is 47.8 Å². The van der Waals surface area contributed by atoms with E-state index in [1.807, 2.05) is 0 Å². The first-order chi connectivity index (χ1) is 8.80. The quantitative estimate of drug-likeness (QED) is 0.655. The van der Waals surface area contributed by atoms with Gasteiger partial charge in [0.15, 0.2) is 0 Å². The predicted molar refractivity (Wildman–Crippen MR) is 83.8 cm³/mol. The van der Waals surface area contributed by atoms with E-state index in [1.165, 1.54) is 6.42 Å². The first kappa shape index (κ1) is 18.8. The number of methoxy groups -OCH3 is 1. The molecule has 0 aliphatic heterocycles. The maximum absolute atomic E-state index is 5.41. The number of rotatable bonds is 10. The van der Waals surface area contributed by atoms with Crippen molar-refractivity contribution in [2.45, 2.75) is 45.7 Å². The zero-order chi connectivity index (χ0) is 14.9. The van der Waals surface area contributed by atoms with Crippen LogP contribution in [0.2, 0.25) is 0 Å². The molecule has 1 atom stereocenters. The molecule has 0 aromatic heterocycles. The number of nitrogens with zero attached hydrogens (tertiary/aromatic N) is 2. The van der Waals surface area contributed by atoms with Crippen molar-refractivity contribution in [2.75, 3.05) is 54.0 Å².